The lowest BCUT2D eigenvalue weighted by Crippen LogP contribution is -2.36. The van der Waals surface area contributed by atoms with Gasteiger partial charge < -0.3 is 24.4 Å². The number of hydrogen-bond acceptors (Lipinski definition) is 4. The van der Waals surface area contributed by atoms with Crippen molar-refractivity contribution >= 4 is 28.7 Å². The van der Waals surface area contributed by atoms with E-state index in [0.29, 0.717) is 6.04 Å². The van der Waals surface area contributed by atoms with E-state index in [1.807, 2.05) is 12.3 Å². The molecule has 1 saturated carbocycles. The van der Waals surface area contributed by atoms with Gasteiger partial charge in [0.15, 0.2) is 5.11 Å². The van der Waals surface area contributed by atoms with Gasteiger partial charge in [0, 0.05) is 48.1 Å². The highest BCUT2D eigenvalue weighted by molar-refractivity contribution is 7.80. The zero-order chi connectivity index (χ0) is 25.4. The smallest absolute Gasteiger partial charge is 0.174 e. The van der Waals surface area contributed by atoms with E-state index >= 15 is 0 Å². The molecule has 3 fully saturated rings. The number of benzene rings is 1. The number of thiocarbonyl (C=S) groups is 1. The van der Waals surface area contributed by atoms with Crippen molar-refractivity contribution in [1.82, 2.24) is 14.9 Å². The molecule has 0 amide bonds. The van der Waals surface area contributed by atoms with Crippen molar-refractivity contribution in [3.05, 3.63) is 77.4 Å². The number of nitrogens with zero attached hydrogens (tertiary/aromatic N) is 4. The molecule has 7 heteroatoms. The molecule has 0 spiro atoms. The quantitative estimate of drug-likeness (QED) is 0.420. The Morgan fingerprint density at radius 1 is 0.946 bits per heavy atom. The van der Waals surface area contributed by atoms with Gasteiger partial charge in [-0.2, -0.15) is 0 Å². The van der Waals surface area contributed by atoms with Crippen LogP contribution in [0.25, 0.3) is 0 Å². The number of rotatable bonds is 5. The van der Waals surface area contributed by atoms with Gasteiger partial charge in [0.2, 0.25) is 0 Å². The summed E-state index contributed by atoms with van der Waals surface area (Å²) in [7, 11) is 0. The molecule has 1 aliphatic carbocycles. The SMILES string of the molecule is Cc1cc(C2C(c3ccccn3)NC(=S)N2c2ccc(N3CCOCC3)cc2)c(C)n1C1CCCCC1. The van der Waals surface area contributed by atoms with Crippen LogP contribution in [0, 0.1) is 13.8 Å². The van der Waals surface area contributed by atoms with E-state index in [1.165, 1.54) is 54.7 Å². The van der Waals surface area contributed by atoms with E-state index in [9.17, 15) is 0 Å². The van der Waals surface area contributed by atoms with Crippen molar-refractivity contribution in [2.75, 3.05) is 36.1 Å². The van der Waals surface area contributed by atoms with E-state index in [-0.39, 0.29) is 12.1 Å². The van der Waals surface area contributed by atoms with Crippen molar-refractivity contribution in [3.63, 3.8) is 0 Å². The molecule has 2 saturated heterocycles. The Balaban J connectivity index is 1.40. The fraction of sp³-hybridized carbons (Fsp3) is 0.467. The van der Waals surface area contributed by atoms with Gasteiger partial charge in [-0.1, -0.05) is 25.3 Å². The third-order valence-electron chi connectivity index (χ3n) is 8.38. The Morgan fingerprint density at radius 2 is 1.68 bits per heavy atom. The second-order valence-electron chi connectivity index (χ2n) is 10.6. The Morgan fingerprint density at radius 3 is 2.38 bits per heavy atom. The number of pyridine rings is 1. The Labute approximate surface area is 225 Å². The second kappa shape index (κ2) is 10.5. The predicted octanol–water partition coefficient (Wildman–Crippen LogP) is 6.02. The molecule has 194 valence electrons. The van der Waals surface area contributed by atoms with Crippen LogP contribution in [0.5, 0.6) is 0 Å². The predicted molar refractivity (Wildman–Crippen MR) is 153 cm³/mol. The highest BCUT2D eigenvalue weighted by Crippen LogP contribution is 2.44. The Hall–Kier alpha value is -2.90. The van der Waals surface area contributed by atoms with Crippen LogP contribution in [0.15, 0.2) is 54.7 Å². The summed E-state index contributed by atoms with van der Waals surface area (Å²) in [4.78, 5) is 9.45. The molecule has 2 aliphatic heterocycles. The summed E-state index contributed by atoms with van der Waals surface area (Å²) in [6.45, 7) is 8.00. The monoisotopic (exact) mass is 515 g/mol. The van der Waals surface area contributed by atoms with Crippen molar-refractivity contribution in [3.8, 4) is 0 Å². The zero-order valence-corrected chi connectivity index (χ0v) is 22.7. The molecule has 3 aliphatic rings. The Kier molecular flexibility index (Phi) is 6.91. The van der Waals surface area contributed by atoms with Gasteiger partial charge in [0.25, 0.3) is 0 Å². The standard InChI is InChI=1S/C30H37N5OS/c1-21-20-26(22(2)34(21)24-8-4-3-5-9-24)29-28(27-10-6-7-15-31-27)32-30(37)35(29)25-13-11-23(12-14-25)33-16-18-36-19-17-33/h6-7,10-15,20,24,28-29H,3-5,8-9,16-19H2,1-2H3,(H,32,37). The summed E-state index contributed by atoms with van der Waals surface area (Å²) in [5.74, 6) is 0. The summed E-state index contributed by atoms with van der Waals surface area (Å²) in [6.07, 6.45) is 8.43. The summed E-state index contributed by atoms with van der Waals surface area (Å²) in [5, 5.41) is 4.39. The number of aromatic nitrogens is 2. The van der Waals surface area contributed by atoms with Crippen LogP contribution in [0.4, 0.5) is 11.4 Å². The molecule has 0 bridgehead atoms. The van der Waals surface area contributed by atoms with Gasteiger partial charge in [0.1, 0.15) is 0 Å². The van der Waals surface area contributed by atoms with E-state index in [0.717, 1.165) is 42.8 Å². The normalized spacial score (nSPS) is 22.9. The van der Waals surface area contributed by atoms with Crippen LogP contribution in [0.2, 0.25) is 0 Å². The van der Waals surface area contributed by atoms with Crippen molar-refractivity contribution < 1.29 is 4.74 Å². The first-order valence-corrected chi connectivity index (χ1v) is 14.1. The maximum Gasteiger partial charge on any atom is 0.174 e. The van der Waals surface area contributed by atoms with Crippen molar-refractivity contribution in [2.24, 2.45) is 0 Å². The lowest BCUT2D eigenvalue weighted by Gasteiger charge is -2.31. The molecule has 6 rings (SSSR count). The molecule has 1 N–H and O–H groups in total. The number of ether oxygens (including phenoxy) is 1. The van der Waals surface area contributed by atoms with Gasteiger partial charge in [0.05, 0.1) is 31.0 Å². The molecule has 37 heavy (non-hydrogen) atoms. The van der Waals surface area contributed by atoms with Crippen LogP contribution in [0.3, 0.4) is 0 Å². The highest BCUT2D eigenvalue weighted by atomic mass is 32.1. The lowest BCUT2D eigenvalue weighted by atomic mass is 9.94. The number of hydrogen-bond donors (Lipinski definition) is 1. The molecule has 2 atom stereocenters. The zero-order valence-electron chi connectivity index (χ0n) is 21.9. The molecular weight excluding hydrogens is 478 g/mol. The molecule has 1 aromatic carbocycles. The fourth-order valence-corrected chi connectivity index (χ4v) is 6.94. The Bertz CT molecular complexity index is 1230. The lowest BCUT2D eigenvalue weighted by molar-refractivity contribution is 0.122. The third-order valence-corrected chi connectivity index (χ3v) is 8.70. The number of nitrogens with one attached hydrogen (secondary N) is 1. The van der Waals surface area contributed by atoms with Crippen molar-refractivity contribution in [2.45, 2.75) is 64.1 Å². The van der Waals surface area contributed by atoms with Crippen molar-refractivity contribution in [1.29, 1.82) is 0 Å². The fourth-order valence-electron chi connectivity index (χ4n) is 6.60. The van der Waals surface area contributed by atoms with Crippen LogP contribution in [0.1, 0.15) is 72.9 Å². The topological polar surface area (TPSA) is 45.6 Å². The largest absolute Gasteiger partial charge is 0.378 e. The highest BCUT2D eigenvalue weighted by Gasteiger charge is 2.42. The average Bonchev–Trinajstić information content (AvgIpc) is 3.45. The minimum atomic E-state index is -0.0204. The molecule has 2 unspecified atom stereocenters. The molecule has 3 aromatic rings. The molecule has 6 nitrogen and oxygen atoms in total. The van der Waals surface area contributed by atoms with Gasteiger partial charge in [-0.15, -0.1) is 0 Å². The van der Waals surface area contributed by atoms with Crippen LogP contribution < -0.4 is 15.1 Å². The van der Waals surface area contributed by atoms with E-state index < -0.39 is 0 Å². The van der Waals surface area contributed by atoms with Crippen LogP contribution in [-0.4, -0.2) is 41.0 Å². The molecule has 2 aromatic heterocycles. The summed E-state index contributed by atoms with van der Waals surface area (Å²) in [5.41, 5.74) is 7.41. The minimum Gasteiger partial charge on any atom is -0.378 e. The third kappa shape index (κ3) is 4.64. The summed E-state index contributed by atoms with van der Waals surface area (Å²) in [6, 6.07) is 18.0. The average molecular weight is 516 g/mol. The number of aryl methyl sites for hydroxylation is 1. The second-order valence-corrected chi connectivity index (χ2v) is 11.0. The molecular formula is C30H37N5OS. The van der Waals surface area contributed by atoms with Crippen LogP contribution >= 0.6 is 12.2 Å². The molecule has 4 heterocycles. The maximum absolute atomic E-state index is 6.00. The van der Waals surface area contributed by atoms with Gasteiger partial charge >= 0.3 is 0 Å². The van der Waals surface area contributed by atoms with Gasteiger partial charge in [-0.05, 0) is 86.9 Å². The molecule has 0 radical (unpaired) electrons. The summed E-state index contributed by atoms with van der Waals surface area (Å²) < 4.78 is 8.14. The first-order chi connectivity index (χ1) is 18.1. The first-order valence-electron chi connectivity index (χ1n) is 13.7. The number of morpholine rings is 1. The maximum atomic E-state index is 6.00. The van der Waals surface area contributed by atoms with Crippen LogP contribution in [-0.2, 0) is 4.74 Å². The summed E-state index contributed by atoms with van der Waals surface area (Å²) >= 11 is 6.00. The van der Waals surface area contributed by atoms with Gasteiger partial charge in [-0.3, -0.25) is 4.98 Å². The van der Waals surface area contributed by atoms with E-state index in [2.05, 4.69) is 76.0 Å². The minimum absolute atomic E-state index is 0.0204. The van der Waals surface area contributed by atoms with Gasteiger partial charge in [-0.25, -0.2) is 0 Å². The van der Waals surface area contributed by atoms with E-state index in [4.69, 9.17) is 21.9 Å². The number of anilines is 2. The van der Waals surface area contributed by atoms with E-state index in [1.54, 1.807) is 0 Å². The first kappa shape index (κ1) is 24.4.